The molecule has 2 rings (SSSR count). The van der Waals surface area contributed by atoms with Gasteiger partial charge in [-0.05, 0) is 30.9 Å². The van der Waals surface area contributed by atoms with Crippen LogP contribution in [0.1, 0.15) is 60.5 Å². The van der Waals surface area contributed by atoms with E-state index < -0.39 is 0 Å². The third-order valence-electron chi connectivity index (χ3n) is 3.87. The molecule has 0 aliphatic heterocycles. The third kappa shape index (κ3) is 2.61. The first-order valence-corrected chi connectivity index (χ1v) is 6.83. The summed E-state index contributed by atoms with van der Waals surface area (Å²) in [6, 6.07) is 7.78. The van der Waals surface area contributed by atoms with Crippen LogP contribution in [0.5, 0.6) is 0 Å². The highest BCUT2D eigenvalue weighted by atomic mass is 16.1. The van der Waals surface area contributed by atoms with Gasteiger partial charge >= 0.3 is 0 Å². The Morgan fingerprint density at radius 3 is 2.67 bits per heavy atom. The minimum absolute atomic E-state index is 0.178. The van der Waals surface area contributed by atoms with Gasteiger partial charge in [-0.1, -0.05) is 38.3 Å². The topological polar surface area (TPSA) is 40.9 Å². The van der Waals surface area contributed by atoms with Crippen molar-refractivity contribution < 1.29 is 4.79 Å². The molecule has 2 heteroatoms. The fraction of sp³-hybridized carbons (Fsp3) is 0.500. The van der Waals surface area contributed by atoms with Crippen LogP contribution >= 0.6 is 0 Å². The van der Waals surface area contributed by atoms with Crippen molar-refractivity contribution in [3.8, 4) is 6.07 Å². The maximum atomic E-state index is 12.4. The van der Waals surface area contributed by atoms with Gasteiger partial charge < -0.3 is 0 Å². The van der Waals surface area contributed by atoms with E-state index in [2.05, 4.69) is 6.07 Å². The highest BCUT2D eigenvalue weighted by Gasteiger charge is 2.22. The van der Waals surface area contributed by atoms with Gasteiger partial charge in [0.15, 0.2) is 5.78 Å². The van der Waals surface area contributed by atoms with Crippen molar-refractivity contribution in [2.24, 2.45) is 5.92 Å². The van der Waals surface area contributed by atoms with Crippen molar-refractivity contribution in [3.05, 3.63) is 34.9 Å². The van der Waals surface area contributed by atoms with Crippen molar-refractivity contribution in [2.75, 3.05) is 0 Å². The van der Waals surface area contributed by atoms with Crippen LogP contribution in [-0.4, -0.2) is 5.78 Å². The van der Waals surface area contributed by atoms with Gasteiger partial charge in [-0.15, -0.1) is 0 Å². The third-order valence-corrected chi connectivity index (χ3v) is 3.87. The summed E-state index contributed by atoms with van der Waals surface area (Å²) >= 11 is 0. The van der Waals surface area contributed by atoms with Crippen LogP contribution in [0, 0.1) is 17.2 Å². The minimum Gasteiger partial charge on any atom is -0.294 e. The van der Waals surface area contributed by atoms with E-state index in [-0.39, 0.29) is 11.7 Å². The van der Waals surface area contributed by atoms with Crippen molar-refractivity contribution >= 4 is 5.78 Å². The molecular formula is C16H19NO. The van der Waals surface area contributed by atoms with Crippen LogP contribution in [0.25, 0.3) is 0 Å². The van der Waals surface area contributed by atoms with Crippen molar-refractivity contribution in [1.82, 2.24) is 0 Å². The molecule has 0 N–H and O–H groups in total. The summed E-state index contributed by atoms with van der Waals surface area (Å²) in [5, 5.41) is 9.10. The van der Waals surface area contributed by atoms with Gasteiger partial charge in [-0.25, -0.2) is 0 Å². The Labute approximate surface area is 109 Å². The molecular weight excluding hydrogens is 222 g/mol. The Balaban J connectivity index is 2.22. The predicted molar refractivity (Wildman–Crippen MR) is 71.4 cm³/mol. The molecule has 0 radical (unpaired) electrons. The standard InChI is InChI=1S/C16H19NO/c1-2-12-8-9-14(10-15(12)11-17)16(18)13-6-4-3-5-7-13/h8-10,13H,2-7H2,1H3. The average molecular weight is 241 g/mol. The van der Waals surface area contributed by atoms with Crippen molar-refractivity contribution in [2.45, 2.75) is 45.4 Å². The number of nitrogens with zero attached hydrogens (tertiary/aromatic N) is 1. The largest absolute Gasteiger partial charge is 0.294 e. The molecule has 1 aromatic rings. The lowest BCUT2D eigenvalue weighted by molar-refractivity contribution is 0.0889. The predicted octanol–water partition coefficient (Wildman–Crippen LogP) is 3.88. The summed E-state index contributed by atoms with van der Waals surface area (Å²) in [5.41, 5.74) is 2.40. The molecule has 1 aromatic carbocycles. The van der Waals surface area contributed by atoms with Crippen molar-refractivity contribution in [3.63, 3.8) is 0 Å². The molecule has 0 saturated heterocycles. The number of carbonyl (C=O) groups excluding carboxylic acids is 1. The summed E-state index contributed by atoms with van der Waals surface area (Å²) in [7, 11) is 0. The van der Waals surface area contributed by atoms with Crippen LogP contribution in [0.2, 0.25) is 0 Å². The van der Waals surface area contributed by atoms with Gasteiger partial charge in [-0.3, -0.25) is 4.79 Å². The Morgan fingerprint density at radius 1 is 1.33 bits per heavy atom. The fourth-order valence-electron chi connectivity index (χ4n) is 2.74. The van der Waals surface area contributed by atoms with E-state index in [1.54, 1.807) is 6.07 Å². The Morgan fingerprint density at radius 2 is 2.06 bits per heavy atom. The highest BCUT2D eigenvalue weighted by Crippen LogP contribution is 2.27. The van der Waals surface area contributed by atoms with E-state index in [1.807, 2.05) is 19.1 Å². The number of rotatable bonds is 3. The van der Waals surface area contributed by atoms with Gasteiger partial charge in [0.05, 0.1) is 11.6 Å². The van der Waals surface area contributed by atoms with Crippen LogP contribution < -0.4 is 0 Å². The number of hydrogen-bond donors (Lipinski definition) is 0. The molecule has 0 aromatic heterocycles. The van der Waals surface area contributed by atoms with Crippen LogP contribution in [-0.2, 0) is 6.42 Å². The van der Waals surface area contributed by atoms with E-state index in [0.29, 0.717) is 5.56 Å². The lowest BCUT2D eigenvalue weighted by atomic mass is 9.83. The Hall–Kier alpha value is -1.62. The average Bonchev–Trinajstić information content (AvgIpc) is 2.46. The minimum atomic E-state index is 0.178. The molecule has 0 unspecified atom stereocenters. The van der Waals surface area contributed by atoms with E-state index in [0.717, 1.165) is 43.2 Å². The van der Waals surface area contributed by atoms with Gasteiger partial charge in [0, 0.05) is 11.5 Å². The number of ketones is 1. The highest BCUT2D eigenvalue weighted by molar-refractivity contribution is 5.98. The number of Topliss-reactive ketones (excluding diaryl/α,β-unsaturated/α-hetero) is 1. The molecule has 1 saturated carbocycles. The van der Waals surface area contributed by atoms with Gasteiger partial charge in [0.1, 0.15) is 0 Å². The maximum absolute atomic E-state index is 12.4. The molecule has 0 atom stereocenters. The normalized spacial score (nSPS) is 16.2. The van der Waals surface area contributed by atoms with E-state index >= 15 is 0 Å². The zero-order valence-corrected chi connectivity index (χ0v) is 10.9. The van der Waals surface area contributed by atoms with E-state index in [4.69, 9.17) is 5.26 Å². The van der Waals surface area contributed by atoms with E-state index in [1.165, 1.54) is 6.42 Å². The van der Waals surface area contributed by atoms with Crippen molar-refractivity contribution in [1.29, 1.82) is 5.26 Å². The first-order valence-electron chi connectivity index (χ1n) is 6.83. The lowest BCUT2D eigenvalue weighted by Gasteiger charge is -2.20. The summed E-state index contributed by atoms with van der Waals surface area (Å²) in [5.74, 6) is 0.409. The monoisotopic (exact) mass is 241 g/mol. The first-order chi connectivity index (χ1) is 8.76. The van der Waals surface area contributed by atoms with Crippen LogP contribution in [0.3, 0.4) is 0 Å². The summed E-state index contributed by atoms with van der Waals surface area (Å²) in [6.07, 6.45) is 6.43. The molecule has 18 heavy (non-hydrogen) atoms. The van der Waals surface area contributed by atoms with Crippen LogP contribution in [0.4, 0.5) is 0 Å². The second-order valence-electron chi connectivity index (χ2n) is 5.04. The number of aryl methyl sites for hydroxylation is 1. The molecule has 0 amide bonds. The summed E-state index contributed by atoms with van der Waals surface area (Å²) < 4.78 is 0. The SMILES string of the molecule is CCc1ccc(C(=O)C2CCCCC2)cc1C#N. The molecule has 2 nitrogen and oxygen atoms in total. The molecule has 1 fully saturated rings. The molecule has 1 aliphatic carbocycles. The maximum Gasteiger partial charge on any atom is 0.165 e. The smallest absolute Gasteiger partial charge is 0.165 e. The zero-order valence-electron chi connectivity index (χ0n) is 10.9. The Kier molecular flexibility index (Phi) is 4.15. The molecule has 0 spiro atoms. The molecule has 94 valence electrons. The quantitative estimate of drug-likeness (QED) is 0.753. The van der Waals surface area contributed by atoms with Gasteiger partial charge in [0.25, 0.3) is 0 Å². The van der Waals surface area contributed by atoms with Gasteiger partial charge in [0.2, 0.25) is 0 Å². The lowest BCUT2D eigenvalue weighted by Crippen LogP contribution is -2.18. The van der Waals surface area contributed by atoms with E-state index in [9.17, 15) is 4.79 Å². The number of nitriles is 1. The number of benzene rings is 1. The molecule has 0 bridgehead atoms. The Bertz CT molecular complexity index is 478. The first kappa shape index (κ1) is 12.8. The zero-order chi connectivity index (χ0) is 13.0. The van der Waals surface area contributed by atoms with Gasteiger partial charge in [-0.2, -0.15) is 5.26 Å². The number of hydrogen-bond acceptors (Lipinski definition) is 2. The summed E-state index contributed by atoms with van der Waals surface area (Å²) in [4.78, 5) is 12.4. The second kappa shape index (κ2) is 5.82. The second-order valence-corrected chi connectivity index (χ2v) is 5.04. The number of carbonyl (C=O) groups is 1. The molecule has 1 aliphatic rings. The molecule has 0 heterocycles. The fourth-order valence-corrected chi connectivity index (χ4v) is 2.74. The van der Waals surface area contributed by atoms with Crippen LogP contribution in [0.15, 0.2) is 18.2 Å². The summed E-state index contributed by atoms with van der Waals surface area (Å²) in [6.45, 7) is 2.03.